The van der Waals surface area contributed by atoms with Crippen LogP contribution in [0.15, 0.2) is 53.2 Å². The molecule has 0 saturated carbocycles. The van der Waals surface area contributed by atoms with Gasteiger partial charge in [-0.15, -0.1) is 0 Å². The van der Waals surface area contributed by atoms with Crippen molar-refractivity contribution in [3.63, 3.8) is 0 Å². The highest BCUT2D eigenvalue weighted by atomic mass is 16.5. The molecule has 1 atom stereocenters. The second kappa shape index (κ2) is 8.65. The molecule has 0 spiro atoms. The number of ether oxygens (including phenoxy) is 1. The largest absolute Gasteiger partial charge is 0.493 e. The minimum Gasteiger partial charge on any atom is -0.493 e. The molecule has 4 nitrogen and oxygen atoms in total. The highest BCUT2D eigenvalue weighted by Crippen LogP contribution is 2.26. The molecule has 1 amide bonds. The van der Waals surface area contributed by atoms with Crippen molar-refractivity contribution < 1.29 is 9.53 Å². The minimum absolute atomic E-state index is 0.215. The molecule has 1 unspecified atom stereocenters. The Morgan fingerprint density at radius 3 is 2.64 bits per heavy atom. The van der Waals surface area contributed by atoms with Gasteiger partial charge in [0, 0.05) is 5.56 Å². The van der Waals surface area contributed by atoms with Gasteiger partial charge in [0.1, 0.15) is 5.75 Å². The Morgan fingerprint density at radius 2 is 2.04 bits per heavy atom. The minimum atomic E-state index is -0.215. The Bertz CT molecular complexity index is 684. The summed E-state index contributed by atoms with van der Waals surface area (Å²) in [6.45, 7) is 13.0. The van der Waals surface area contributed by atoms with E-state index in [4.69, 9.17) is 4.74 Å². The van der Waals surface area contributed by atoms with Gasteiger partial charge in [0.2, 0.25) is 0 Å². The van der Waals surface area contributed by atoms with Crippen molar-refractivity contribution in [2.45, 2.75) is 40.5 Å². The number of hydrogen-bond donors (Lipinski definition) is 1. The van der Waals surface area contributed by atoms with Crippen LogP contribution in [0.1, 0.15) is 50.9 Å². The first-order valence-corrected chi connectivity index (χ1v) is 8.79. The Hall–Kier alpha value is -2.36. The van der Waals surface area contributed by atoms with Crippen molar-refractivity contribution in [3.05, 3.63) is 53.6 Å². The molecule has 0 aromatic heterocycles. The normalized spacial score (nSPS) is 18.8. The van der Waals surface area contributed by atoms with Crippen molar-refractivity contribution in [2.75, 3.05) is 6.61 Å². The fraction of sp³-hybridized carbons (Fsp3) is 0.429. The quantitative estimate of drug-likeness (QED) is 0.601. The van der Waals surface area contributed by atoms with Crippen molar-refractivity contribution in [2.24, 2.45) is 16.9 Å². The third-order valence-electron chi connectivity index (χ3n) is 4.29. The maximum atomic E-state index is 12.3. The van der Waals surface area contributed by atoms with E-state index in [1.165, 1.54) is 0 Å². The van der Waals surface area contributed by atoms with E-state index in [0.717, 1.165) is 35.4 Å². The number of carbonyl (C=O) groups excluding carboxylic acids is 1. The molecule has 134 valence electrons. The van der Waals surface area contributed by atoms with Crippen LogP contribution < -0.4 is 10.2 Å². The van der Waals surface area contributed by atoms with E-state index in [2.05, 4.69) is 37.0 Å². The molecule has 1 N–H and O–H groups in total. The number of rotatable bonds is 6. The molecular formula is C21H28N2O2. The molecule has 1 aromatic rings. The summed E-state index contributed by atoms with van der Waals surface area (Å²) in [5.41, 5.74) is 6.42. The SMILES string of the molecule is C=C(C)C1CC=C(C)/C(=N/NC(=O)c2ccc(OCC(C)C)cc2)C1. The average Bonchev–Trinajstić information content (AvgIpc) is 2.59. The van der Waals surface area contributed by atoms with E-state index >= 15 is 0 Å². The molecule has 4 heteroatoms. The number of hydrazone groups is 1. The highest BCUT2D eigenvalue weighted by Gasteiger charge is 2.19. The molecule has 1 aromatic carbocycles. The van der Waals surface area contributed by atoms with Gasteiger partial charge in [0.05, 0.1) is 12.3 Å². The molecule has 25 heavy (non-hydrogen) atoms. The summed E-state index contributed by atoms with van der Waals surface area (Å²) in [5, 5.41) is 4.33. The Morgan fingerprint density at radius 1 is 1.36 bits per heavy atom. The lowest BCUT2D eigenvalue weighted by Gasteiger charge is -2.22. The molecule has 0 saturated heterocycles. The first-order valence-electron chi connectivity index (χ1n) is 8.79. The zero-order valence-corrected chi connectivity index (χ0v) is 15.6. The fourth-order valence-electron chi connectivity index (χ4n) is 2.57. The Kier molecular flexibility index (Phi) is 6.57. The van der Waals surface area contributed by atoms with Crippen molar-refractivity contribution in [1.82, 2.24) is 5.43 Å². The Labute approximate surface area is 150 Å². The van der Waals surface area contributed by atoms with Gasteiger partial charge in [-0.25, -0.2) is 5.43 Å². The standard InChI is InChI=1S/C21H28N2O2/c1-14(2)13-25-19-10-8-17(9-11-19)21(24)23-22-20-12-18(15(3)4)7-6-16(20)5/h6,8-11,14,18H,3,7,12-13H2,1-2,4-5H3,(H,23,24)/b22-20+. The van der Waals surface area contributed by atoms with Gasteiger partial charge in [0.25, 0.3) is 5.91 Å². The van der Waals surface area contributed by atoms with Gasteiger partial charge < -0.3 is 4.74 Å². The van der Waals surface area contributed by atoms with Gasteiger partial charge in [-0.1, -0.05) is 32.1 Å². The Balaban J connectivity index is 1.98. The van der Waals surface area contributed by atoms with Gasteiger partial charge in [0.15, 0.2) is 0 Å². The fourth-order valence-corrected chi connectivity index (χ4v) is 2.57. The highest BCUT2D eigenvalue weighted by molar-refractivity contribution is 6.02. The number of nitrogens with one attached hydrogen (secondary N) is 1. The van der Waals surface area contributed by atoms with Crippen LogP contribution in [0.2, 0.25) is 0 Å². The number of nitrogens with zero attached hydrogens (tertiary/aromatic N) is 1. The van der Waals surface area contributed by atoms with Gasteiger partial charge in [-0.2, -0.15) is 5.10 Å². The number of amides is 1. The third kappa shape index (κ3) is 5.59. The van der Waals surface area contributed by atoms with E-state index in [1.807, 2.05) is 26.0 Å². The smallest absolute Gasteiger partial charge is 0.271 e. The third-order valence-corrected chi connectivity index (χ3v) is 4.29. The number of allylic oxidation sites excluding steroid dienone is 3. The van der Waals surface area contributed by atoms with Crippen LogP contribution in [0.3, 0.4) is 0 Å². The summed E-state index contributed by atoms with van der Waals surface area (Å²) in [6, 6.07) is 7.14. The van der Waals surface area contributed by atoms with Crippen LogP contribution in [0, 0.1) is 11.8 Å². The lowest BCUT2D eigenvalue weighted by atomic mass is 9.85. The molecular weight excluding hydrogens is 312 g/mol. The topological polar surface area (TPSA) is 50.7 Å². The predicted molar refractivity (Wildman–Crippen MR) is 103 cm³/mol. The van der Waals surface area contributed by atoms with Gasteiger partial charge in [-0.3, -0.25) is 4.79 Å². The average molecular weight is 340 g/mol. The second-order valence-electron chi connectivity index (χ2n) is 7.10. The first-order chi connectivity index (χ1) is 11.9. The second-order valence-corrected chi connectivity index (χ2v) is 7.10. The summed E-state index contributed by atoms with van der Waals surface area (Å²) in [4.78, 5) is 12.3. The molecule has 0 fully saturated rings. The van der Waals surface area contributed by atoms with E-state index < -0.39 is 0 Å². The number of benzene rings is 1. The molecule has 0 aliphatic heterocycles. The maximum absolute atomic E-state index is 12.3. The van der Waals surface area contributed by atoms with Crippen molar-refractivity contribution in [1.29, 1.82) is 0 Å². The lowest BCUT2D eigenvalue weighted by molar-refractivity contribution is 0.0954. The monoisotopic (exact) mass is 340 g/mol. The predicted octanol–water partition coefficient (Wildman–Crippen LogP) is 4.74. The van der Waals surface area contributed by atoms with Crippen LogP contribution in [0.4, 0.5) is 0 Å². The first kappa shape index (κ1) is 19.0. The number of hydrogen-bond acceptors (Lipinski definition) is 3. The van der Waals surface area contributed by atoms with E-state index in [-0.39, 0.29) is 5.91 Å². The summed E-state index contributed by atoms with van der Waals surface area (Å²) in [5.74, 6) is 1.42. The number of carbonyl (C=O) groups is 1. The van der Waals surface area contributed by atoms with Gasteiger partial charge in [-0.05, 0) is 68.4 Å². The van der Waals surface area contributed by atoms with Crippen LogP contribution in [-0.2, 0) is 0 Å². The molecule has 1 aliphatic carbocycles. The zero-order valence-electron chi connectivity index (χ0n) is 15.6. The van der Waals surface area contributed by atoms with E-state index in [1.54, 1.807) is 12.1 Å². The van der Waals surface area contributed by atoms with Crippen LogP contribution in [0.5, 0.6) is 5.75 Å². The van der Waals surface area contributed by atoms with Crippen LogP contribution >= 0.6 is 0 Å². The van der Waals surface area contributed by atoms with Crippen LogP contribution in [0.25, 0.3) is 0 Å². The molecule has 0 heterocycles. The van der Waals surface area contributed by atoms with Crippen LogP contribution in [-0.4, -0.2) is 18.2 Å². The summed E-state index contributed by atoms with van der Waals surface area (Å²) in [7, 11) is 0. The van der Waals surface area contributed by atoms with E-state index in [0.29, 0.717) is 24.0 Å². The molecule has 1 aliphatic rings. The van der Waals surface area contributed by atoms with Crippen molar-refractivity contribution in [3.8, 4) is 5.75 Å². The summed E-state index contributed by atoms with van der Waals surface area (Å²) >= 11 is 0. The molecule has 2 rings (SSSR count). The maximum Gasteiger partial charge on any atom is 0.271 e. The zero-order chi connectivity index (χ0) is 18.4. The summed E-state index contributed by atoms with van der Waals surface area (Å²) < 4.78 is 5.63. The van der Waals surface area contributed by atoms with Crippen molar-refractivity contribution >= 4 is 11.6 Å². The van der Waals surface area contributed by atoms with E-state index in [9.17, 15) is 4.79 Å². The van der Waals surface area contributed by atoms with Gasteiger partial charge >= 0.3 is 0 Å². The lowest BCUT2D eigenvalue weighted by Crippen LogP contribution is -2.23. The molecule has 0 radical (unpaired) electrons. The molecule has 0 bridgehead atoms. The summed E-state index contributed by atoms with van der Waals surface area (Å²) in [6.07, 6.45) is 3.97.